The zero-order valence-corrected chi connectivity index (χ0v) is 15.2. The highest BCUT2D eigenvalue weighted by Crippen LogP contribution is 2.22. The molecule has 0 spiro atoms. The number of nitrogens with zero attached hydrogens (tertiary/aromatic N) is 2. The number of imidazole rings is 1. The number of ether oxygens (including phenoxy) is 1. The van der Waals surface area contributed by atoms with Gasteiger partial charge in [0.2, 0.25) is 0 Å². The summed E-state index contributed by atoms with van der Waals surface area (Å²) in [6.45, 7) is 1.75. The summed E-state index contributed by atoms with van der Waals surface area (Å²) in [5.41, 5.74) is 4.46. The summed E-state index contributed by atoms with van der Waals surface area (Å²) in [4.78, 5) is 16.7. The fraction of sp³-hybridized carbons (Fsp3) is 0.0909. The van der Waals surface area contributed by atoms with Gasteiger partial charge in [0.1, 0.15) is 5.65 Å². The number of carbonyl (C=O) groups excluding carboxylic acids is 1. The molecule has 0 radical (unpaired) electrons. The van der Waals surface area contributed by atoms with E-state index in [0.29, 0.717) is 5.69 Å². The lowest BCUT2D eigenvalue weighted by Crippen LogP contribution is -2.20. The van der Waals surface area contributed by atoms with E-state index in [0.717, 1.165) is 22.5 Å². The van der Waals surface area contributed by atoms with Crippen molar-refractivity contribution >= 4 is 17.2 Å². The Morgan fingerprint density at radius 1 is 1.11 bits per heavy atom. The molecule has 0 fully saturated rings. The summed E-state index contributed by atoms with van der Waals surface area (Å²) in [6, 6.07) is 17.4. The van der Waals surface area contributed by atoms with Crippen molar-refractivity contribution in [3.05, 3.63) is 84.4 Å². The number of fused-ring (bicyclic) bond motifs is 1. The van der Waals surface area contributed by atoms with Crippen LogP contribution in [0.15, 0.2) is 73.1 Å². The number of hydrogen-bond donors (Lipinski definition) is 1. The number of halogens is 1. The first-order chi connectivity index (χ1) is 13.6. The van der Waals surface area contributed by atoms with Crippen molar-refractivity contribution in [3.8, 4) is 17.0 Å². The summed E-state index contributed by atoms with van der Waals surface area (Å²) >= 11 is 0. The van der Waals surface area contributed by atoms with E-state index in [9.17, 15) is 9.18 Å². The van der Waals surface area contributed by atoms with Gasteiger partial charge in [-0.3, -0.25) is 4.79 Å². The highest BCUT2D eigenvalue weighted by molar-refractivity contribution is 5.92. The van der Waals surface area contributed by atoms with Crippen LogP contribution in [0.5, 0.6) is 5.75 Å². The predicted molar refractivity (Wildman–Crippen MR) is 106 cm³/mol. The van der Waals surface area contributed by atoms with Crippen LogP contribution in [-0.2, 0) is 4.79 Å². The first kappa shape index (κ1) is 17.7. The molecule has 2 aromatic heterocycles. The van der Waals surface area contributed by atoms with Crippen molar-refractivity contribution < 1.29 is 13.9 Å². The number of benzene rings is 2. The minimum atomic E-state index is -0.498. The Kier molecular flexibility index (Phi) is 4.76. The topological polar surface area (TPSA) is 55.6 Å². The molecule has 140 valence electrons. The number of amides is 1. The molecule has 0 saturated carbocycles. The van der Waals surface area contributed by atoms with Crippen molar-refractivity contribution in [1.82, 2.24) is 9.38 Å². The normalized spacial score (nSPS) is 10.8. The second kappa shape index (κ2) is 7.52. The number of para-hydroxylation sites is 1. The van der Waals surface area contributed by atoms with Gasteiger partial charge in [-0.1, -0.05) is 30.3 Å². The molecule has 0 atom stereocenters. The molecule has 0 bridgehead atoms. The Bertz CT molecular complexity index is 1140. The van der Waals surface area contributed by atoms with Crippen LogP contribution >= 0.6 is 0 Å². The van der Waals surface area contributed by atoms with Gasteiger partial charge >= 0.3 is 0 Å². The molecule has 4 rings (SSSR count). The molecule has 1 N–H and O–H groups in total. The molecule has 0 unspecified atom stereocenters. The highest BCUT2D eigenvalue weighted by atomic mass is 19.1. The highest BCUT2D eigenvalue weighted by Gasteiger charge is 2.09. The van der Waals surface area contributed by atoms with Crippen LogP contribution in [0.25, 0.3) is 16.9 Å². The molecule has 0 aliphatic carbocycles. The maximum Gasteiger partial charge on any atom is 0.262 e. The van der Waals surface area contributed by atoms with Gasteiger partial charge in [-0.25, -0.2) is 9.37 Å². The van der Waals surface area contributed by atoms with Crippen molar-refractivity contribution in [2.75, 3.05) is 11.9 Å². The molecular formula is C22H18FN3O2. The monoisotopic (exact) mass is 375 g/mol. The molecule has 2 heterocycles. The van der Waals surface area contributed by atoms with E-state index in [2.05, 4.69) is 10.3 Å². The number of aromatic nitrogens is 2. The number of aryl methyl sites for hydroxylation is 1. The molecule has 4 aromatic rings. The van der Waals surface area contributed by atoms with Crippen LogP contribution in [0.3, 0.4) is 0 Å². The maximum atomic E-state index is 13.5. The summed E-state index contributed by atoms with van der Waals surface area (Å²) in [5, 5.41) is 2.73. The largest absolute Gasteiger partial charge is 0.481 e. The quantitative estimate of drug-likeness (QED) is 0.560. The molecule has 2 aromatic carbocycles. The van der Waals surface area contributed by atoms with Gasteiger partial charge in [0.05, 0.1) is 5.69 Å². The van der Waals surface area contributed by atoms with Crippen molar-refractivity contribution in [2.24, 2.45) is 0 Å². The lowest BCUT2D eigenvalue weighted by atomic mass is 10.1. The molecular weight excluding hydrogens is 357 g/mol. The minimum absolute atomic E-state index is 0.0511. The van der Waals surface area contributed by atoms with E-state index >= 15 is 0 Å². The summed E-state index contributed by atoms with van der Waals surface area (Å²) in [6.07, 6.45) is 3.93. The van der Waals surface area contributed by atoms with Gasteiger partial charge in [0.25, 0.3) is 5.91 Å². The zero-order valence-electron chi connectivity index (χ0n) is 15.2. The Balaban J connectivity index is 1.42. The average Bonchev–Trinajstić information content (AvgIpc) is 3.14. The fourth-order valence-corrected chi connectivity index (χ4v) is 2.92. The van der Waals surface area contributed by atoms with Crippen LogP contribution < -0.4 is 10.1 Å². The standard InChI is InChI=1S/C22H18FN3O2/c1-15-5-4-12-26-13-19(25-22(15)26)16-8-10-17(11-9-16)24-21(27)14-28-20-7-3-2-6-18(20)23/h2-13H,14H2,1H3,(H,24,27). The number of anilines is 1. The van der Waals surface area contributed by atoms with Gasteiger partial charge in [0, 0.05) is 23.6 Å². The van der Waals surface area contributed by atoms with E-state index < -0.39 is 5.82 Å². The Hall–Kier alpha value is -3.67. The zero-order chi connectivity index (χ0) is 19.5. The number of nitrogens with one attached hydrogen (secondary N) is 1. The van der Waals surface area contributed by atoms with Crippen LogP contribution in [-0.4, -0.2) is 21.9 Å². The number of rotatable bonds is 5. The van der Waals surface area contributed by atoms with E-state index in [1.807, 2.05) is 48.0 Å². The van der Waals surface area contributed by atoms with Gasteiger partial charge < -0.3 is 14.5 Å². The predicted octanol–water partition coefficient (Wildman–Crippen LogP) is 4.47. The third-order valence-corrected chi connectivity index (χ3v) is 4.34. The van der Waals surface area contributed by atoms with Gasteiger partial charge in [-0.2, -0.15) is 0 Å². The average molecular weight is 375 g/mol. The van der Waals surface area contributed by atoms with Crippen LogP contribution in [0, 0.1) is 12.7 Å². The minimum Gasteiger partial charge on any atom is -0.481 e. The second-order valence-corrected chi connectivity index (χ2v) is 6.39. The van der Waals surface area contributed by atoms with Gasteiger partial charge in [0.15, 0.2) is 18.2 Å². The first-order valence-electron chi connectivity index (χ1n) is 8.82. The third-order valence-electron chi connectivity index (χ3n) is 4.34. The van der Waals surface area contributed by atoms with E-state index in [1.165, 1.54) is 12.1 Å². The van der Waals surface area contributed by atoms with Crippen molar-refractivity contribution in [2.45, 2.75) is 6.92 Å². The number of pyridine rings is 1. The molecule has 0 aliphatic rings. The van der Waals surface area contributed by atoms with Crippen LogP contribution in [0.2, 0.25) is 0 Å². The summed E-state index contributed by atoms with van der Waals surface area (Å²) in [7, 11) is 0. The van der Waals surface area contributed by atoms with Gasteiger partial charge in [-0.05, 0) is 42.8 Å². The second-order valence-electron chi connectivity index (χ2n) is 6.39. The van der Waals surface area contributed by atoms with E-state index in [1.54, 1.807) is 24.3 Å². The van der Waals surface area contributed by atoms with Crippen molar-refractivity contribution in [3.63, 3.8) is 0 Å². The Morgan fingerprint density at radius 3 is 2.64 bits per heavy atom. The molecule has 1 amide bonds. The van der Waals surface area contributed by atoms with E-state index in [-0.39, 0.29) is 18.3 Å². The molecule has 5 nitrogen and oxygen atoms in total. The van der Waals surface area contributed by atoms with Gasteiger partial charge in [-0.15, -0.1) is 0 Å². The molecule has 0 aliphatic heterocycles. The lowest BCUT2D eigenvalue weighted by molar-refractivity contribution is -0.118. The smallest absolute Gasteiger partial charge is 0.262 e. The van der Waals surface area contributed by atoms with Crippen LogP contribution in [0.4, 0.5) is 10.1 Å². The maximum absolute atomic E-state index is 13.5. The lowest BCUT2D eigenvalue weighted by Gasteiger charge is -2.08. The Morgan fingerprint density at radius 2 is 1.89 bits per heavy atom. The third kappa shape index (κ3) is 3.71. The molecule has 0 saturated heterocycles. The SMILES string of the molecule is Cc1cccn2cc(-c3ccc(NC(=O)COc4ccccc4F)cc3)nc12. The first-order valence-corrected chi connectivity index (χ1v) is 8.82. The number of hydrogen-bond acceptors (Lipinski definition) is 3. The number of carbonyl (C=O) groups is 1. The van der Waals surface area contributed by atoms with Crippen LogP contribution in [0.1, 0.15) is 5.56 Å². The summed E-state index contributed by atoms with van der Waals surface area (Å²) in [5.74, 6) is -0.808. The summed E-state index contributed by atoms with van der Waals surface area (Å²) < 4.78 is 20.7. The molecule has 6 heteroatoms. The molecule has 28 heavy (non-hydrogen) atoms. The fourth-order valence-electron chi connectivity index (χ4n) is 2.92. The van der Waals surface area contributed by atoms with Crippen molar-refractivity contribution in [1.29, 1.82) is 0 Å². The Labute approximate surface area is 161 Å². The van der Waals surface area contributed by atoms with E-state index in [4.69, 9.17) is 4.74 Å².